The molecule has 1 nitrogen and oxygen atoms in total. The lowest BCUT2D eigenvalue weighted by Crippen LogP contribution is -2.46. The SMILES string of the molecule is CC1C(N(c2ccccc2)c2ccc(-c3cccc4c3SC3C=C4C=CC4=C3c3ccccc3C4(C)C)cc2)C=CCC1(C)c1ccccc1. The maximum absolute atomic E-state index is 2.55. The topological polar surface area (TPSA) is 3.24 Å². The Labute approximate surface area is 301 Å². The largest absolute Gasteiger partial charge is 0.334 e. The van der Waals surface area contributed by atoms with Crippen molar-refractivity contribution in [3.05, 3.63) is 186 Å². The molecule has 0 saturated carbocycles. The summed E-state index contributed by atoms with van der Waals surface area (Å²) in [6.07, 6.45) is 13.2. The van der Waals surface area contributed by atoms with E-state index in [0.29, 0.717) is 5.92 Å². The minimum absolute atomic E-state index is 0.00606. The van der Waals surface area contributed by atoms with Crippen LogP contribution in [0.4, 0.5) is 11.4 Å². The molecule has 5 aromatic rings. The standard InChI is InChI=1S/C48H43NS/c1-32-43(23-14-30-48(32,4)35-15-7-5-8-16-35)49(36-17-9-6-10-18-36)37-27-24-33(25-28-37)38-20-13-21-39-34-26-29-42-45(44(31-34)50-46(38)39)40-19-11-12-22-41(40)47(42,2)3/h5-29,31-32,43-44H,30H2,1-4H3. The lowest BCUT2D eigenvalue weighted by Gasteiger charge is -2.47. The molecule has 50 heavy (non-hydrogen) atoms. The predicted octanol–water partition coefficient (Wildman–Crippen LogP) is 12.6. The third kappa shape index (κ3) is 4.83. The third-order valence-corrected chi connectivity index (χ3v) is 13.4. The normalized spacial score (nSPS) is 24.2. The molecular formula is C48H43NS. The van der Waals surface area contributed by atoms with Crippen LogP contribution in [0.2, 0.25) is 0 Å². The molecule has 1 heterocycles. The molecule has 0 amide bonds. The van der Waals surface area contributed by atoms with E-state index in [9.17, 15) is 0 Å². The van der Waals surface area contributed by atoms with E-state index in [4.69, 9.17) is 0 Å². The highest BCUT2D eigenvalue weighted by molar-refractivity contribution is 8.00. The van der Waals surface area contributed by atoms with Gasteiger partial charge in [-0.15, -0.1) is 11.8 Å². The Morgan fingerprint density at radius 2 is 1.32 bits per heavy atom. The first-order valence-corrected chi connectivity index (χ1v) is 18.9. The average molecular weight is 666 g/mol. The first kappa shape index (κ1) is 31.2. The molecule has 0 aromatic heterocycles. The van der Waals surface area contributed by atoms with Crippen LogP contribution < -0.4 is 4.90 Å². The van der Waals surface area contributed by atoms with Gasteiger partial charge in [0.1, 0.15) is 0 Å². The van der Waals surface area contributed by atoms with Crippen LogP contribution in [0.3, 0.4) is 0 Å². The van der Waals surface area contributed by atoms with Crippen molar-refractivity contribution in [2.45, 2.75) is 61.1 Å². The number of benzene rings is 5. The van der Waals surface area contributed by atoms with Crippen LogP contribution >= 0.6 is 11.8 Å². The average Bonchev–Trinajstić information content (AvgIpc) is 3.27. The van der Waals surface area contributed by atoms with Gasteiger partial charge in [0, 0.05) is 27.1 Å². The molecule has 0 saturated heterocycles. The van der Waals surface area contributed by atoms with Crippen molar-refractivity contribution in [1.82, 2.24) is 0 Å². The van der Waals surface area contributed by atoms with Crippen molar-refractivity contribution in [1.29, 1.82) is 0 Å². The molecule has 0 fully saturated rings. The van der Waals surface area contributed by atoms with Crippen molar-refractivity contribution in [3.63, 3.8) is 0 Å². The molecule has 9 rings (SSSR count). The van der Waals surface area contributed by atoms with E-state index in [1.165, 1.54) is 66.4 Å². The summed E-state index contributed by atoms with van der Waals surface area (Å²) in [6, 6.07) is 47.5. The van der Waals surface area contributed by atoms with E-state index in [0.717, 1.165) is 6.42 Å². The Hall–Kier alpha value is -4.79. The van der Waals surface area contributed by atoms with Crippen LogP contribution in [-0.2, 0) is 10.8 Å². The molecule has 4 unspecified atom stereocenters. The summed E-state index contributed by atoms with van der Waals surface area (Å²) in [6.45, 7) is 9.65. The predicted molar refractivity (Wildman–Crippen MR) is 214 cm³/mol. The minimum atomic E-state index is -0.00606. The van der Waals surface area contributed by atoms with Crippen molar-refractivity contribution in [3.8, 4) is 11.1 Å². The zero-order valence-electron chi connectivity index (χ0n) is 29.3. The van der Waals surface area contributed by atoms with Gasteiger partial charge in [-0.25, -0.2) is 0 Å². The Balaban J connectivity index is 1.09. The van der Waals surface area contributed by atoms with Gasteiger partial charge in [-0.3, -0.25) is 0 Å². The second kappa shape index (κ2) is 11.9. The maximum Gasteiger partial charge on any atom is 0.0556 e. The van der Waals surface area contributed by atoms with E-state index >= 15 is 0 Å². The van der Waals surface area contributed by atoms with Gasteiger partial charge in [-0.1, -0.05) is 161 Å². The number of allylic oxidation sites excluding steroid dienone is 5. The summed E-state index contributed by atoms with van der Waals surface area (Å²) in [4.78, 5) is 3.93. The quantitative estimate of drug-likeness (QED) is 0.172. The maximum atomic E-state index is 2.55. The summed E-state index contributed by atoms with van der Waals surface area (Å²) >= 11 is 2.02. The number of thioether (sulfide) groups is 1. The molecule has 3 aliphatic carbocycles. The second-order valence-electron chi connectivity index (χ2n) is 15.1. The van der Waals surface area contributed by atoms with Crippen molar-refractivity contribution in [2.75, 3.05) is 4.90 Å². The molecule has 5 aromatic carbocycles. The van der Waals surface area contributed by atoms with E-state index in [1.807, 2.05) is 11.8 Å². The molecule has 1 aliphatic heterocycles. The van der Waals surface area contributed by atoms with E-state index in [-0.39, 0.29) is 22.1 Å². The molecule has 0 N–H and O–H groups in total. The molecule has 4 aliphatic rings. The van der Waals surface area contributed by atoms with Gasteiger partial charge in [0.15, 0.2) is 0 Å². The molecular weight excluding hydrogens is 623 g/mol. The highest BCUT2D eigenvalue weighted by Gasteiger charge is 2.42. The Morgan fingerprint density at radius 3 is 2.10 bits per heavy atom. The van der Waals surface area contributed by atoms with Crippen LogP contribution in [0.15, 0.2) is 168 Å². The summed E-state index contributed by atoms with van der Waals surface area (Å²) < 4.78 is 0. The summed E-state index contributed by atoms with van der Waals surface area (Å²) in [5.41, 5.74) is 14.9. The van der Waals surface area contributed by atoms with Gasteiger partial charge in [-0.05, 0) is 86.7 Å². The lowest BCUT2D eigenvalue weighted by molar-refractivity contribution is 0.277. The number of anilines is 2. The van der Waals surface area contributed by atoms with Crippen molar-refractivity contribution >= 4 is 34.3 Å². The Bertz CT molecular complexity index is 2220. The fraction of sp³-hybridized carbons (Fsp3) is 0.208. The highest BCUT2D eigenvalue weighted by atomic mass is 32.2. The third-order valence-electron chi connectivity index (χ3n) is 12.1. The van der Waals surface area contributed by atoms with Gasteiger partial charge in [0.25, 0.3) is 0 Å². The van der Waals surface area contributed by atoms with Crippen LogP contribution in [0.5, 0.6) is 0 Å². The number of nitrogens with zero attached hydrogens (tertiary/aromatic N) is 1. The zero-order valence-corrected chi connectivity index (χ0v) is 30.1. The lowest BCUT2D eigenvalue weighted by atomic mass is 9.64. The van der Waals surface area contributed by atoms with Crippen LogP contribution in [0.25, 0.3) is 22.3 Å². The number of fused-ring (bicyclic) bond motifs is 6. The zero-order chi connectivity index (χ0) is 34.0. The number of hydrogen-bond acceptors (Lipinski definition) is 2. The van der Waals surface area contributed by atoms with Crippen LogP contribution in [0.1, 0.15) is 56.4 Å². The summed E-state index contributed by atoms with van der Waals surface area (Å²) in [5.74, 6) is 0.391. The van der Waals surface area contributed by atoms with E-state index in [2.05, 4.69) is 190 Å². The monoisotopic (exact) mass is 665 g/mol. The molecule has 2 bridgehead atoms. The van der Waals surface area contributed by atoms with E-state index < -0.39 is 0 Å². The fourth-order valence-corrected chi connectivity index (χ4v) is 10.5. The molecule has 4 atom stereocenters. The Kier molecular flexibility index (Phi) is 7.44. The smallest absolute Gasteiger partial charge is 0.0556 e. The number of hydrogen-bond donors (Lipinski definition) is 0. The van der Waals surface area contributed by atoms with Gasteiger partial charge >= 0.3 is 0 Å². The van der Waals surface area contributed by atoms with Gasteiger partial charge in [0.05, 0.1) is 11.3 Å². The summed E-state index contributed by atoms with van der Waals surface area (Å²) in [7, 11) is 0. The van der Waals surface area contributed by atoms with E-state index in [1.54, 1.807) is 0 Å². The first-order chi connectivity index (χ1) is 24.3. The number of rotatable bonds is 5. The van der Waals surface area contributed by atoms with Gasteiger partial charge < -0.3 is 4.90 Å². The van der Waals surface area contributed by atoms with Gasteiger partial charge in [0.2, 0.25) is 0 Å². The molecule has 0 radical (unpaired) electrons. The second-order valence-corrected chi connectivity index (χ2v) is 16.3. The first-order valence-electron chi connectivity index (χ1n) is 18.1. The number of para-hydroxylation sites is 1. The van der Waals surface area contributed by atoms with Crippen molar-refractivity contribution < 1.29 is 0 Å². The molecule has 246 valence electrons. The summed E-state index contributed by atoms with van der Waals surface area (Å²) in [5, 5.41) is 0.276. The minimum Gasteiger partial charge on any atom is -0.334 e. The van der Waals surface area contributed by atoms with Gasteiger partial charge in [-0.2, -0.15) is 0 Å². The fourth-order valence-electron chi connectivity index (χ4n) is 9.06. The van der Waals surface area contributed by atoms with Crippen LogP contribution in [0, 0.1) is 5.92 Å². The van der Waals surface area contributed by atoms with Crippen LogP contribution in [-0.4, -0.2) is 11.3 Å². The molecule has 0 spiro atoms. The molecule has 2 heteroatoms. The van der Waals surface area contributed by atoms with Crippen molar-refractivity contribution in [2.24, 2.45) is 5.92 Å². The highest BCUT2D eigenvalue weighted by Crippen LogP contribution is 2.56. The Morgan fingerprint density at radius 1 is 0.660 bits per heavy atom.